The molecule has 26 heteroatoms. The molecule has 3 aliphatic heterocycles. The molecule has 0 aliphatic carbocycles. The Bertz CT molecular complexity index is 1860. The van der Waals surface area contributed by atoms with Crippen molar-refractivity contribution in [1.29, 1.82) is 0 Å². The van der Waals surface area contributed by atoms with Gasteiger partial charge >= 0.3 is 53.7 Å². The number of rotatable bonds is 20. The van der Waals surface area contributed by atoms with Gasteiger partial charge in [-0.05, 0) is 6.92 Å². The highest BCUT2D eigenvalue weighted by Gasteiger charge is 2.60. The third-order valence-electron chi connectivity index (χ3n) is 9.88. The van der Waals surface area contributed by atoms with Crippen LogP contribution in [0.3, 0.4) is 0 Å². The van der Waals surface area contributed by atoms with E-state index in [-0.39, 0.29) is 6.54 Å². The minimum atomic E-state index is -1.99. The first-order valence-electron chi connectivity index (χ1n) is 21.0. The van der Waals surface area contributed by atoms with Gasteiger partial charge in [-0.15, -0.1) is 6.58 Å². The van der Waals surface area contributed by atoms with Crippen molar-refractivity contribution in [2.24, 2.45) is 0 Å². The summed E-state index contributed by atoms with van der Waals surface area (Å²) in [6.45, 7) is 11.9. The molecule has 26 nitrogen and oxygen atoms in total. The number of esters is 9. The van der Waals surface area contributed by atoms with Gasteiger partial charge in [-0.2, -0.15) is 0 Å². The van der Waals surface area contributed by atoms with Crippen molar-refractivity contribution in [2.75, 3.05) is 33.5 Å². The summed E-state index contributed by atoms with van der Waals surface area (Å²) in [5.41, 5.74) is 0. The number of nitrogens with zero attached hydrogens (tertiary/aromatic N) is 1. The molecule has 0 bridgehead atoms. The van der Waals surface area contributed by atoms with Gasteiger partial charge in [0, 0.05) is 68.9 Å². The molecule has 15 atom stereocenters. The maximum Gasteiger partial charge on any atom is 0.331 e. The Kier molecular flexibility index (Phi) is 21.7. The van der Waals surface area contributed by atoms with Crippen molar-refractivity contribution in [3.05, 3.63) is 12.7 Å². The first-order valence-corrected chi connectivity index (χ1v) is 21.0. The molecule has 1 amide bonds. The lowest BCUT2D eigenvalue weighted by Crippen LogP contribution is -2.70. The van der Waals surface area contributed by atoms with E-state index in [1.165, 1.54) is 13.0 Å². The van der Waals surface area contributed by atoms with Crippen LogP contribution in [0.2, 0.25) is 0 Å². The summed E-state index contributed by atoms with van der Waals surface area (Å²) in [7, 11) is 1.05. The number of hydrogen-bond donors (Lipinski definition) is 0. The fourth-order valence-corrected chi connectivity index (χ4v) is 7.44. The first-order chi connectivity index (χ1) is 31.9. The SMILES string of the molecule is C=CCN(C(C)=O)[C@@H]1O[C@H](COC(C)=O)[C@@H](O[C@@H]2O[C@H](COC(C)=O)[C@H](OC(C)=O)[C@H](OCC(=O)OC)[C@H]2OC(C)=O)[C@H](O[C@@H]2O[C@@H](C)[C@@H](OC(C)=O)[C@@H](OC(C)=O)[C@@H]2OC(C)=O)[C@H]1OC(C)=O. The smallest absolute Gasteiger partial charge is 0.331 e. The summed E-state index contributed by atoms with van der Waals surface area (Å²) in [6, 6.07) is 0. The molecule has 3 fully saturated rings. The predicted molar refractivity (Wildman–Crippen MR) is 217 cm³/mol. The maximum absolute atomic E-state index is 13.3. The van der Waals surface area contributed by atoms with Crippen LogP contribution in [0.25, 0.3) is 0 Å². The zero-order valence-corrected chi connectivity index (χ0v) is 39.4. The minimum absolute atomic E-state index is 0.253. The van der Waals surface area contributed by atoms with Crippen LogP contribution in [0, 0.1) is 0 Å². The number of ether oxygens (including phenoxy) is 15. The molecule has 0 N–H and O–H groups in total. The predicted octanol–water partition coefficient (Wildman–Crippen LogP) is -0.739. The van der Waals surface area contributed by atoms with Crippen LogP contribution in [-0.4, -0.2) is 190 Å². The molecule has 0 aromatic heterocycles. The van der Waals surface area contributed by atoms with E-state index in [9.17, 15) is 47.9 Å². The lowest BCUT2D eigenvalue weighted by molar-refractivity contribution is -0.377. The van der Waals surface area contributed by atoms with E-state index in [0.29, 0.717) is 0 Å². The second-order valence-electron chi connectivity index (χ2n) is 15.4. The zero-order chi connectivity index (χ0) is 51.2. The topological polar surface area (TPSA) is 312 Å². The molecule has 68 heavy (non-hydrogen) atoms. The fraction of sp³-hybridized carbons (Fsp3) is 0.714. The molecule has 0 spiro atoms. The van der Waals surface area contributed by atoms with Gasteiger partial charge in [-0.3, -0.25) is 43.2 Å². The molecule has 0 unspecified atom stereocenters. The van der Waals surface area contributed by atoms with Crippen LogP contribution in [0.5, 0.6) is 0 Å². The van der Waals surface area contributed by atoms with Crippen molar-refractivity contribution in [1.82, 2.24) is 4.90 Å². The van der Waals surface area contributed by atoms with Gasteiger partial charge in [0.25, 0.3) is 0 Å². The Morgan fingerprint density at radius 1 is 0.500 bits per heavy atom. The molecular weight excluding hydrogens is 918 g/mol. The Morgan fingerprint density at radius 2 is 0.926 bits per heavy atom. The van der Waals surface area contributed by atoms with E-state index in [1.54, 1.807) is 0 Å². The molecule has 3 rings (SSSR count). The standard InChI is InChI=1S/C42H59NO25/c1-13-14-43(19(3)44)40-37(62-25(9)50)36(68-41-39(64-27(11)52)35(61-24(8)49)31(18(2)58-41)59-22(6)47)33(28(65-40)15-55-20(4)45)67-42-38(63-26(10)51)34(57-17-30(53)54-12)32(60-23(7)48)29(66-42)16-56-21(5)46/h13,18,28-29,31-42H,1,14-17H2,2-12H3/t18-,28+,29+,31+,32-,33+,34-,35+,36-,37+,38+,39-,40+,41-,42-/m0/s1. The van der Waals surface area contributed by atoms with Crippen molar-refractivity contribution in [3.8, 4) is 0 Å². The van der Waals surface area contributed by atoms with E-state index in [0.717, 1.165) is 74.3 Å². The summed E-state index contributed by atoms with van der Waals surface area (Å²) in [5, 5.41) is 0. The molecule has 0 aromatic rings. The molecule has 3 saturated heterocycles. The van der Waals surface area contributed by atoms with Crippen molar-refractivity contribution in [2.45, 2.75) is 161 Å². The average molecular weight is 978 g/mol. The fourth-order valence-electron chi connectivity index (χ4n) is 7.44. The largest absolute Gasteiger partial charge is 0.467 e. The van der Waals surface area contributed by atoms with E-state index >= 15 is 0 Å². The average Bonchev–Trinajstić information content (AvgIpc) is 3.22. The van der Waals surface area contributed by atoms with E-state index in [1.807, 2.05) is 0 Å². The lowest BCUT2D eigenvalue weighted by Gasteiger charge is -2.52. The summed E-state index contributed by atoms with van der Waals surface area (Å²) in [6.07, 6.45) is -24.2. The number of methoxy groups -OCH3 is 1. The van der Waals surface area contributed by atoms with Gasteiger partial charge < -0.3 is 76.0 Å². The van der Waals surface area contributed by atoms with Crippen molar-refractivity contribution >= 4 is 59.6 Å². The maximum atomic E-state index is 13.3. The molecule has 0 aromatic carbocycles. The van der Waals surface area contributed by atoms with Gasteiger partial charge in [0.1, 0.15) is 50.3 Å². The van der Waals surface area contributed by atoms with Crippen LogP contribution in [0.1, 0.15) is 69.2 Å². The van der Waals surface area contributed by atoms with Crippen LogP contribution in [-0.2, 0) is 119 Å². The molecule has 0 radical (unpaired) electrons. The summed E-state index contributed by atoms with van der Waals surface area (Å²) < 4.78 is 86.9. The number of hydrogen-bond acceptors (Lipinski definition) is 25. The summed E-state index contributed by atoms with van der Waals surface area (Å²) in [4.78, 5) is 127. The van der Waals surface area contributed by atoms with E-state index < -0.39 is 172 Å². The monoisotopic (exact) mass is 977 g/mol. The van der Waals surface area contributed by atoms with Gasteiger partial charge in [0.15, 0.2) is 55.4 Å². The normalized spacial score (nSPS) is 31.0. The van der Waals surface area contributed by atoms with Crippen molar-refractivity contribution in [3.63, 3.8) is 0 Å². The van der Waals surface area contributed by atoms with Gasteiger partial charge in [0.2, 0.25) is 5.91 Å². The minimum Gasteiger partial charge on any atom is -0.467 e. The van der Waals surface area contributed by atoms with E-state index in [2.05, 4.69) is 6.58 Å². The second-order valence-corrected chi connectivity index (χ2v) is 15.4. The number of carbonyl (C=O) groups is 10. The number of carbonyl (C=O) groups excluding carboxylic acids is 10. The highest BCUT2D eigenvalue weighted by Crippen LogP contribution is 2.39. The third kappa shape index (κ3) is 16.2. The Labute approximate surface area is 390 Å². The van der Waals surface area contributed by atoms with Crippen LogP contribution >= 0.6 is 0 Å². The lowest BCUT2D eigenvalue weighted by atomic mass is 9.94. The van der Waals surface area contributed by atoms with Gasteiger partial charge in [-0.1, -0.05) is 6.08 Å². The Hall–Kier alpha value is -5.80. The van der Waals surface area contributed by atoms with Gasteiger partial charge in [0.05, 0.1) is 13.2 Å². The third-order valence-corrected chi connectivity index (χ3v) is 9.88. The number of amides is 1. The first kappa shape index (κ1) is 56.5. The molecule has 382 valence electrons. The molecule has 3 aliphatic rings. The molecular formula is C42H59NO25. The Morgan fingerprint density at radius 3 is 1.40 bits per heavy atom. The van der Waals surface area contributed by atoms with Crippen LogP contribution < -0.4 is 0 Å². The van der Waals surface area contributed by atoms with Crippen molar-refractivity contribution < 1.29 is 119 Å². The zero-order valence-electron chi connectivity index (χ0n) is 39.4. The summed E-state index contributed by atoms with van der Waals surface area (Å²) in [5.74, 6) is -8.95. The molecule has 0 saturated carbocycles. The van der Waals surface area contributed by atoms with Crippen LogP contribution in [0.15, 0.2) is 12.7 Å². The van der Waals surface area contributed by atoms with Gasteiger partial charge in [-0.25, -0.2) is 4.79 Å². The Balaban J connectivity index is 2.44. The van der Waals surface area contributed by atoms with E-state index in [4.69, 9.17) is 71.1 Å². The molecule has 3 heterocycles. The quantitative estimate of drug-likeness (QED) is 0.0824. The summed E-state index contributed by atoms with van der Waals surface area (Å²) >= 11 is 0. The van der Waals surface area contributed by atoms with Crippen LogP contribution in [0.4, 0.5) is 0 Å². The highest BCUT2D eigenvalue weighted by molar-refractivity contribution is 5.74. The second kappa shape index (κ2) is 26.1. The highest BCUT2D eigenvalue weighted by atomic mass is 16.8.